The molecule has 0 bridgehead atoms. The Kier molecular flexibility index (Phi) is 5.30. The number of nitrogens with one attached hydrogen (secondary N) is 2. The summed E-state index contributed by atoms with van der Waals surface area (Å²) in [6, 6.07) is 7.69. The van der Waals surface area contributed by atoms with Crippen molar-refractivity contribution >= 4 is 5.91 Å². The monoisotopic (exact) mass is 338 g/mol. The second-order valence-electron chi connectivity index (χ2n) is 5.32. The fourth-order valence-electron chi connectivity index (χ4n) is 2.26. The SMILES string of the molecule is COc1cccc(CCC(=O)NCc2nc(-c3cnccn3)n[nH]2)c1. The van der Waals surface area contributed by atoms with Gasteiger partial charge in [-0.2, -0.15) is 5.10 Å². The van der Waals surface area contributed by atoms with Crippen LogP contribution in [0.4, 0.5) is 0 Å². The third-order valence-electron chi connectivity index (χ3n) is 3.55. The summed E-state index contributed by atoms with van der Waals surface area (Å²) >= 11 is 0. The number of hydrogen-bond donors (Lipinski definition) is 2. The first-order chi connectivity index (χ1) is 12.2. The van der Waals surface area contributed by atoms with Crippen LogP contribution in [0.1, 0.15) is 17.8 Å². The fourth-order valence-corrected chi connectivity index (χ4v) is 2.26. The first-order valence-corrected chi connectivity index (χ1v) is 7.82. The standard InChI is InChI=1S/C17H18N6O2/c1-25-13-4-2-3-12(9-13)5-6-16(24)20-11-15-21-17(23-22-15)14-10-18-7-8-19-14/h2-4,7-10H,5-6,11H2,1H3,(H,20,24)(H,21,22,23). The second-order valence-corrected chi connectivity index (χ2v) is 5.32. The van der Waals surface area contributed by atoms with E-state index in [0.29, 0.717) is 30.2 Å². The lowest BCUT2D eigenvalue weighted by molar-refractivity contribution is -0.121. The Balaban J connectivity index is 1.48. The van der Waals surface area contributed by atoms with Gasteiger partial charge in [0.15, 0.2) is 0 Å². The minimum Gasteiger partial charge on any atom is -0.497 e. The van der Waals surface area contributed by atoms with Gasteiger partial charge in [-0.15, -0.1) is 0 Å². The molecule has 2 N–H and O–H groups in total. The molecule has 1 amide bonds. The highest BCUT2D eigenvalue weighted by atomic mass is 16.5. The van der Waals surface area contributed by atoms with Gasteiger partial charge in [-0.05, 0) is 24.1 Å². The van der Waals surface area contributed by atoms with E-state index in [1.807, 2.05) is 24.3 Å². The van der Waals surface area contributed by atoms with E-state index in [1.54, 1.807) is 25.7 Å². The summed E-state index contributed by atoms with van der Waals surface area (Å²) in [4.78, 5) is 24.4. The highest BCUT2D eigenvalue weighted by molar-refractivity contribution is 5.76. The van der Waals surface area contributed by atoms with Crippen LogP contribution in [0, 0.1) is 0 Å². The molecule has 8 heteroatoms. The average molecular weight is 338 g/mol. The highest BCUT2D eigenvalue weighted by Crippen LogP contribution is 2.14. The van der Waals surface area contributed by atoms with E-state index >= 15 is 0 Å². The van der Waals surface area contributed by atoms with Crippen molar-refractivity contribution in [2.75, 3.05) is 7.11 Å². The van der Waals surface area contributed by atoms with E-state index in [-0.39, 0.29) is 12.5 Å². The topological polar surface area (TPSA) is 106 Å². The molecular weight excluding hydrogens is 320 g/mol. The molecule has 8 nitrogen and oxygen atoms in total. The molecule has 2 heterocycles. The van der Waals surface area contributed by atoms with Crippen molar-refractivity contribution in [2.24, 2.45) is 0 Å². The molecule has 3 aromatic rings. The molecule has 0 fully saturated rings. The fraction of sp³-hybridized carbons (Fsp3) is 0.235. The van der Waals surface area contributed by atoms with Crippen molar-refractivity contribution < 1.29 is 9.53 Å². The number of nitrogens with zero attached hydrogens (tertiary/aromatic N) is 4. The second kappa shape index (κ2) is 8.00. The molecule has 2 aromatic heterocycles. The predicted octanol–water partition coefficient (Wildman–Crippen LogP) is 1.52. The molecule has 0 aliphatic heterocycles. The Morgan fingerprint density at radius 3 is 3.04 bits per heavy atom. The molecule has 1 aromatic carbocycles. The molecule has 3 rings (SSSR count). The first kappa shape index (κ1) is 16.6. The summed E-state index contributed by atoms with van der Waals surface area (Å²) in [6.07, 6.45) is 5.77. The van der Waals surface area contributed by atoms with Crippen LogP contribution in [0.25, 0.3) is 11.5 Å². The Morgan fingerprint density at radius 1 is 1.32 bits per heavy atom. The molecule has 0 spiro atoms. The van der Waals surface area contributed by atoms with E-state index in [1.165, 1.54) is 0 Å². The van der Waals surface area contributed by atoms with Gasteiger partial charge in [0.2, 0.25) is 11.7 Å². The largest absolute Gasteiger partial charge is 0.497 e. The molecular formula is C17H18N6O2. The third-order valence-corrected chi connectivity index (χ3v) is 3.55. The number of methoxy groups -OCH3 is 1. The van der Waals surface area contributed by atoms with Crippen LogP contribution in [0.15, 0.2) is 42.9 Å². The van der Waals surface area contributed by atoms with Crippen molar-refractivity contribution in [2.45, 2.75) is 19.4 Å². The summed E-state index contributed by atoms with van der Waals surface area (Å²) in [6.45, 7) is 0.282. The van der Waals surface area contributed by atoms with Crippen molar-refractivity contribution in [3.05, 3.63) is 54.2 Å². The van der Waals surface area contributed by atoms with E-state index in [2.05, 4.69) is 30.5 Å². The van der Waals surface area contributed by atoms with Crippen LogP contribution in [0.2, 0.25) is 0 Å². The molecule has 0 radical (unpaired) electrons. The zero-order valence-corrected chi connectivity index (χ0v) is 13.8. The van der Waals surface area contributed by atoms with Crippen LogP contribution in [0.5, 0.6) is 5.75 Å². The summed E-state index contributed by atoms with van der Waals surface area (Å²) < 4.78 is 5.18. The van der Waals surface area contributed by atoms with Gasteiger partial charge in [0.05, 0.1) is 19.9 Å². The summed E-state index contributed by atoms with van der Waals surface area (Å²) in [5.41, 5.74) is 1.63. The zero-order chi connectivity index (χ0) is 17.5. The predicted molar refractivity (Wildman–Crippen MR) is 90.6 cm³/mol. The molecule has 25 heavy (non-hydrogen) atoms. The van der Waals surface area contributed by atoms with Crippen LogP contribution in [-0.4, -0.2) is 38.2 Å². The maximum atomic E-state index is 12.0. The normalized spacial score (nSPS) is 10.4. The first-order valence-electron chi connectivity index (χ1n) is 7.82. The van der Waals surface area contributed by atoms with Crippen molar-refractivity contribution in [3.8, 4) is 17.3 Å². The van der Waals surface area contributed by atoms with Gasteiger partial charge in [-0.3, -0.25) is 14.9 Å². The lowest BCUT2D eigenvalue weighted by Crippen LogP contribution is -2.23. The molecule has 0 aliphatic carbocycles. The summed E-state index contributed by atoms with van der Waals surface area (Å²) in [7, 11) is 1.62. The number of aryl methyl sites for hydroxylation is 1. The molecule has 0 unspecified atom stereocenters. The number of ether oxygens (including phenoxy) is 1. The van der Waals surface area contributed by atoms with Crippen LogP contribution in [-0.2, 0) is 17.8 Å². The van der Waals surface area contributed by atoms with Crippen LogP contribution in [0.3, 0.4) is 0 Å². The van der Waals surface area contributed by atoms with E-state index in [4.69, 9.17) is 4.74 Å². The number of benzene rings is 1. The Morgan fingerprint density at radius 2 is 2.24 bits per heavy atom. The molecule has 0 saturated carbocycles. The quantitative estimate of drug-likeness (QED) is 0.676. The van der Waals surface area contributed by atoms with E-state index in [9.17, 15) is 4.79 Å². The minimum atomic E-state index is -0.0553. The third kappa shape index (κ3) is 4.60. The van der Waals surface area contributed by atoms with E-state index in [0.717, 1.165) is 11.3 Å². The number of hydrogen-bond acceptors (Lipinski definition) is 6. The van der Waals surface area contributed by atoms with Gasteiger partial charge < -0.3 is 10.1 Å². The average Bonchev–Trinajstić information content (AvgIpc) is 3.15. The number of amides is 1. The highest BCUT2D eigenvalue weighted by Gasteiger charge is 2.09. The minimum absolute atomic E-state index is 0.0553. The zero-order valence-electron chi connectivity index (χ0n) is 13.8. The smallest absolute Gasteiger partial charge is 0.220 e. The lowest BCUT2D eigenvalue weighted by atomic mass is 10.1. The van der Waals surface area contributed by atoms with Crippen molar-refractivity contribution in [3.63, 3.8) is 0 Å². The molecule has 0 atom stereocenters. The van der Waals surface area contributed by atoms with Crippen LogP contribution >= 0.6 is 0 Å². The van der Waals surface area contributed by atoms with Gasteiger partial charge in [-0.25, -0.2) is 9.97 Å². The van der Waals surface area contributed by atoms with Gasteiger partial charge in [-0.1, -0.05) is 12.1 Å². The molecule has 128 valence electrons. The van der Waals surface area contributed by atoms with Crippen molar-refractivity contribution in [1.29, 1.82) is 0 Å². The van der Waals surface area contributed by atoms with Crippen LogP contribution < -0.4 is 10.1 Å². The Labute approximate surface area is 144 Å². The Bertz CT molecular complexity index is 834. The van der Waals surface area contributed by atoms with E-state index < -0.39 is 0 Å². The van der Waals surface area contributed by atoms with Gasteiger partial charge in [0, 0.05) is 18.8 Å². The maximum Gasteiger partial charge on any atom is 0.220 e. The maximum absolute atomic E-state index is 12.0. The number of H-pyrrole nitrogens is 1. The number of carbonyl (C=O) groups is 1. The molecule has 0 saturated heterocycles. The number of rotatable bonds is 7. The summed E-state index contributed by atoms with van der Waals surface area (Å²) in [5.74, 6) is 1.75. The number of aromatic nitrogens is 5. The summed E-state index contributed by atoms with van der Waals surface area (Å²) in [5, 5.41) is 9.68. The van der Waals surface area contributed by atoms with Gasteiger partial charge in [0.25, 0.3) is 0 Å². The molecule has 0 aliphatic rings. The Hall–Kier alpha value is -3.29. The number of aromatic amines is 1. The number of carbonyl (C=O) groups excluding carboxylic acids is 1. The van der Waals surface area contributed by atoms with Crippen molar-refractivity contribution in [1.82, 2.24) is 30.5 Å². The van der Waals surface area contributed by atoms with Gasteiger partial charge in [0.1, 0.15) is 17.3 Å². The lowest BCUT2D eigenvalue weighted by Gasteiger charge is -2.05. The van der Waals surface area contributed by atoms with Gasteiger partial charge >= 0.3 is 0 Å².